The molecule has 7 nitrogen and oxygen atoms in total. The molecule has 3 aliphatic rings. The predicted octanol–water partition coefficient (Wildman–Crippen LogP) is 1.03. The molecule has 30 heavy (non-hydrogen) atoms. The minimum Gasteiger partial charge on any atom is -0.339 e. The summed E-state index contributed by atoms with van der Waals surface area (Å²) in [6.07, 6.45) is 3.13. The summed E-state index contributed by atoms with van der Waals surface area (Å²) in [5, 5.41) is 0. The van der Waals surface area contributed by atoms with Crippen LogP contribution in [-0.4, -0.2) is 98.3 Å². The Bertz CT molecular complexity index is 872. The van der Waals surface area contributed by atoms with Gasteiger partial charge < -0.3 is 9.80 Å². The number of benzene rings is 1. The van der Waals surface area contributed by atoms with E-state index in [1.807, 2.05) is 24.0 Å². The predicted molar refractivity (Wildman–Crippen MR) is 117 cm³/mol. The summed E-state index contributed by atoms with van der Waals surface area (Å²) < 4.78 is 27.8. The molecule has 1 atom stereocenters. The molecule has 8 heteroatoms. The summed E-state index contributed by atoms with van der Waals surface area (Å²) in [6, 6.07) is 5.40. The van der Waals surface area contributed by atoms with Gasteiger partial charge in [0.25, 0.3) is 0 Å². The van der Waals surface area contributed by atoms with Gasteiger partial charge >= 0.3 is 0 Å². The number of sulfonamides is 1. The maximum absolute atomic E-state index is 13.1. The molecule has 0 aromatic heterocycles. The van der Waals surface area contributed by atoms with E-state index in [4.69, 9.17) is 0 Å². The van der Waals surface area contributed by atoms with E-state index >= 15 is 0 Å². The van der Waals surface area contributed by atoms with Gasteiger partial charge in [0, 0.05) is 52.4 Å². The van der Waals surface area contributed by atoms with Gasteiger partial charge in [0.2, 0.25) is 15.9 Å². The molecule has 0 radical (unpaired) electrons. The number of piperazine rings is 2. The monoisotopic (exact) mass is 434 g/mol. The Morgan fingerprint density at radius 2 is 1.63 bits per heavy atom. The van der Waals surface area contributed by atoms with Crippen molar-refractivity contribution >= 4 is 15.9 Å². The third kappa shape index (κ3) is 4.28. The minimum absolute atomic E-state index is 0.167. The van der Waals surface area contributed by atoms with E-state index in [2.05, 4.69) is 16.7 Å². The number of fused-ring (bicyclic) bond motifs is 1. The number of carbonyl (C=O) groups excluding carboxylic acids is 1. The van der Waals surface area contributed by atoms with Crippen LogP contribution in [-0.2, 0) is 27.7 Å². The molecule has 0 bridgehead atoms. The third-order valence-electron chi connectivity index (χ3n) is 7.02. The molecule has 0 spiro atoms. The van der Waals surface area contributed by atoms with Crippen LogP contribution in [0.1, 0.15) is 31.4 Å². The molecule has 1 amide bonds. The van der Waals surface area contributed by atoms with Crippen LogP contribution in [0.4, 0.5) is 0 Å². The Kier molecular flexibility index (Phi) is 6.48. The van der Waals surface area contributed by atoms with Crippen molar-refractivity contribution in [1.82, 2.24) is 19.0 Å². The lowest BCUT2D eigenvalue weighted by Gasteiger charge is -2.40. The summed E-state index contributed by atoms with van der Waals surface area (Å²) >= 11 is 0. The zero-order valence-corrected chi connectivity index (χ0v) is 19.0. The van der Waals surface area contributed by atoms with Gasteiger partial charge in [0.05, 0.1) is 10.9 Å². The van der Waals surface area contributed by atoms with Gasteiger partial charge in [-0.2, -0.15) is 4.31 Å². The first-order valence-corrected chi connectivity index (χ1v) is 12.7. The zero-order chi connectivity index (χ0) is 21.3. The van der Waals surface area contributed by atoms with Gasteiger partial charge in [-0.15, -0.1) is 0 Å². The molecule has 1 aliphatic carbocycles. The van der Waals surface area contributed by atoms with Crippen molar-refractivity contribution in [3.05, 3.63) is 29.3 Å². The van der Waals surface area contributed by atoms with Crippen molar-refractivity contribution in [3.8, 4) is 0 Å². The van der Waals surface area contributed by atoms with Crippen LogP contribution >= 0.6 is 0 Å². The molecule has 2 aliphatic heterocycles. The number of hydrogen-bond donors (Lipinski definition) is 0. The fourth-order valence-electron chi connectivity index (χ4n) is 4.89. The quantitative estimate of drug-likeness (QED) is 0.693. The molecule has 1 unspecified atom stereocenters. The number of carbonyl (C=O) groups is 1. The molecule has 2 heterocycles. The summed E-state index contributed by atoms with van der Waals surface area (Å²) in [4.78, 5) is 19.8. The molecule has 0 saturated carbocycles. The second-order valence-electron chi connectivity index (χ2n) is 8.66. The van der Waals surface area contributed by atoms with Crippen LogP contribution in [0.15, 0.2) is 23.1 Å². The maximum atomic E-state index is 13.1. The van der Waals surface area contributed by atoms with Crippen LogP contribution in [0.5, 0.6) is 0 Å². The first-order valence-electron chi connectivity index (χ1n) is 11.3. The van der Waals surface area contributed by atoms with Crippen molar-refractivity contribution in [2.75, 3.05) is 58.9 Å². The lowest BCUT2D eigenvalue weighted by atomic mass is 10.1. The largest absolute Gasteiger partial charge is 0.339 e. The Hall–Kier alpha value is -1.48. The van der Waals surface area contributed by atoms with Gasteiger partial charge in [-0.25, -0.2) is 8.42 Å². The molecule has 2 saturated heterocycles. The number of likely N-dealkylation sites (N-methyl/N-ethyl adjacent to an activating group) is 1. The lowest BCUT2D eigenvalue weighted by molar-refractivity contribution is -0.138. The standard InChI is InChI=1S/C22H34N4O3S/c1-3-23-9-11-25(12-10-23)22(27)18(2)24-13-15-26(16-14-24)30(28,29)21-8-7-19-5-4-6-20(19)17-21/h7-8,17-18H,3-6,9-16H2,1-2H3. The molecular weight excluding hydrogens is 400 g/mol. The maximum Gasteiger partial charge on any atom is 0.243 e. The summed E-state index contributed by atoms with van der Waals surface area (Å²) in [6.45, 7) is 10.6. The first-order chi connectivity index (χ1) is 14.4. The number of hydrogen-bond acceptors (Lipinski definition) is 5. The summed E-state index contributed by atoms with van der Waals surface area (Å²) in [5.41, 5.74) is 2.46. The van der Waals surface area contributed by atoms with E-state index in [0.29, 0.717) is 31.1 Å². The van der Waals surface area contributed by atoms with Crippen molar-refractivity contribution < 1.29 is 13.2 Å². The molecule has 1 aromatic carbocycles. The van der Waals surface area contributed by atoms with E-state index in [-0.39, 0.29) is 11.9 Å². The fourth-order valence-corrected chi connectivity index (χ4v) is 6.37. The van der Waals surface area contributed by atoms with Crippen molar-refractivity contribution in [2.24, 2.45) is 0 Å². The summed E-state index contributed by atoms with van der Waals surface area (Å²) in [5.74, 6) is 0.167. The Morgan fingerprint density at radius 3 is 2.30 bits per heavy atom. The fraction of sp³-hybridized carbons (Fsp3) is 0.682. The highest BCUT2D eigenvalue weighted by atomic mass is 32.2. The summed E-state index contributed by atoms with van der Waals surface area (Å²) in [7, 11) is -3.48. The SMILES string of the molecule is CCN1CCN(C(=O)C(C)N2CCN(S(=O)(=O)c3ccc4c(c3)CCC4)CC2)CC1. The van der Waals surface area contributed by atoms with Gasteiger partial charge in [-0.3, -0.25) is 9.69 Å². The van der Waals surface area contributed by atoms with E-state index < -0.39 is 10.0 Å². The Labute approximate surface area is 180 Å². The average molecular weight is 435 g/mol. The number of aryl methyl sites for hydroxylation is 2. The van der Waals surface area contributed by atoms with Crippen molar-refractivity contribution in [1.29, 1.82) is 0 Å². The highest BCUT2D eigenvalue weighted by molar-refractivity contribution is 7.89. The Morgan fingerprint density at radius 1 is 0.967 bits per heavy atom. The van der Waals surface area contributed by atoms with E-state index in [0.717, 1.165) is 52.0 Å². The lowest BCUT2D eigenvalue weighted by Crippen LogP contribution is -2.57. The van der Waals surface area contributed by atoms with E-state index in [1.165, 1.54) is 11.1 Å². The minimum atomic E-state index is -3.48. The van der Waals surface area contributed by atoms with Crippen molar-refractivity contribution in [3.63, 3.8) is 0 Å². The number of amides is 1. The Balaban J connectivity index is 1.34. The molecule has 2 fully saturated rings. The van der Waals surface area contributed by atoms with Crippen LogP contribution in [0.3, 0.4) is 0 Å². The third-order valence-corrected chi connectivity index (χ3v) is 8.91. The van der Waals surface area contributed by atoms with Crippen LogP contribution < -0.4 is 0 Å². The van der Waals surface area contributed by atoms with E-state index in [1.54, 1.807) is 10.4 Å². The molecule has 4 rings (SSSR count). The van der Waals surface area contributed by atoms with Gasteiger partial charge in [0.1, 0.15) is 0 Å². The highest BCUT2D eigenvalue weighted by Crippen LogP contribution is 2.27. The van der Waals surface area contributed by atoms with Crippen LogP contribution in [0.25, 0.3) is 0 Å². The van der Waals surface area contributed by atoms with Gasteiger partial charge in [0.15, 0.2) is 0 Å². The second-order valence-corrected chi connectivity index (χ2v) is 10.6. The van der Waals surface area contributed by atoms with Crippen molar-refractivity contribution in [2.45, 2.75) is 44.0 Å². The molecule has 0 N–H and O–H groups in total. The molecule has 166 valence electrons. The number of rotatable bonds is 5. The van der Waals surface area contributed by atoms with E-state index in [9.17, 15) is 13.2 Å². The van der Waals surface area contributed by atoms with Crippen LogP contribution in [0, 0.1) is 0 Å². The second kappa shape index (κ2) is 8.94. The normalized spacial score (nSPS) is 22.8. The highest BCUT2D eigenvalue weighted by Gasteiger charge is 2.34. The first kappa shape index (κ1) is 21.7. The molecular formula is C22H34N4O3S. The van der Waals surface area contributed by atoms with Gasteiger partial charge in [-0.05, 0) is 56.0 Å². The number of nitrogens with zero attached hydrogens (tertiary/aromatic N) is 4. The average Bonchev–Trinajstić information content (AvgIpc) is 3.26. The van der Waals surface area contributed by atoms with Crippen LogP contribution in [0.2, 0.25) is 0 Å². The van der Waals surface area contributed by atoms with Gasteiger partial charge in [-0.1, -0.05) is 13.0 Å². The zero-order valence-electron chi connectivity index (χ0n) is 18.2. The smallest absolute Gasteiger partial charge is 0.243 e. The molecule has 1 aromatic rings. The topological polar surface area (TPSA) is 64.2 Å².